The summed E-state index contributed by atoms with van der Waals surface area (Å²) in [6, 6.07) is 4.96. The molecule has 1 fully saturated rings. The minimum Gasteiger partial charge on any atom is -0.368 e. The van der Waals surface area contributed by atoms with Crippen LogP contribution in [0.15, 0.2) is 30.6 Å². The molecule has 8 nitrogen and oxygen atoms in total. The second-order valence-corrected chi connectivity index (χ2v) is 7.83. The van der Waals surface area contributed by atoms with Gasteiger partial charge in [-0.25, -0.2) is 8.42 Å². The van der Waals surface area contributed by atoms with Crippen LogP contribution < -0.4 is 4.90 Å². The van der Waals surface area contributed by atoms with E-state index in [9.17, 15) is 18.5 Å². The van der Waals surface area contributed by atoms with Crippen molar-refractivity contribution >= 4 is 32.2 Å². The number of rotatable bonds is 4. The summed E-state index contributed by atoms with van der Waals surface area (Å²) in [6.07, 6.45) is 3.10. The van der Waals surface area contributed by atoms with E-state index in [4.69, 9.17) is 0 Å². The number of anilines is 1. The Morgan fingerprint density at radius 2 is 1.88 bits per heavy atom. The van der Waals surface area contributed by atoms with Gasteiger partial charge in [-0.05, 0) is 19.1 Å². The molecule has 0 unspecified atom stereocenters. The van der Waals surface area contributed by atoms with Crippen LogP contribution in [0.2, 0.25) is 0 Å². The number of hydrogen-bond acceptors (Lipinski definition) is 6. The second-order valence-electron chi connectivity index (χ2n) is 5.57. The average Bonchev–Trinajstić information content (AvgIpc) is 2.60. The zero-order valence-corrected chi connectivity index (χ0v) is 14.1. The van der Waals surface area contributed by atoms with Crippen molar-refractivity contribution < 1.29 is 13.3 Å². The van der Waals surface area contributed by atoms with Crippen molar-refractivity contribution in [3.05, 3.63) is 40.7 Å². The highest BCUT2D eigenvalue weighted by atomic mass is 32.2. The number of fused-ring (bicyclic) bond motifs is 1. The summed E-state index contributed by atoms with van der Waals surface area (Å²) in [4.78, 5) is 16.8. The van der Waals surface area contributed by atoms with Gasteiger partial charge in [-0.1, -0.05) is 0 Å². The number of nitrogens with zero attached hydrogens (tertiary/aromatic N) is 4. The lowest BCUT2D eigenvalue weighted by Crippen LogP contribution is -2.49. The molecule has 1 aliphatic heterocycles. The Labute approximate surface area is 139 Å². The van der Waals surface area contributed by atoms with Crippen LogP contribution in [0.3, 0.4) is 0 Å². The Bertz CT molecular complexity index is 876. The number of nitro benzene ring substituents is 1. The predicted octanol–water partition coefficient (Wildman–Crippen LogP) is 1.61. The Morgan fingerprint density at radius 3 is 2.50 bits per heavy atom. The van der Waals surface area contributed by atoms with Crippen LogP contribution in [-0.2, 0) is 10.0 Å². The van der Waals surface area contributed by atoms with E-state index in [1.54, 1.807) is 25.3 Å². The van der Waals surface area contributed by atoms with Crippen molar-refractivity contribution in [2.45, 2.75) is 6.92 Å². The molecule has 0 saturated carbocycles. The van der Waals surface area contributed by atoms with Crippen molar-refractivity contribution in [3.8, 4) is 0 Å². The van der Waals surface area contributed by atoms with Crippen LogP contribution in [0.1, 0.15) is 6.92 Å². The third kappa shape index (κ3) is 2.92. The summed E-state index contributed by atoms with van der Waals surface area (Å²) >= 11 is 0. The Morgan fingerprint density at radius 1 is 1.17 bits per heavy atom. The molecule has 9 heteroatoms. The first-order valence-corrected chi connectivity index (χ1v) is 9.29. The number of pyridine rings is 1. The largest absolute Gasteiger partial charge is 0.368 e. The maximum atomic E-state index is 12.0. The molecule has 3 rings (SSSR count). The molecular weight excluding hydrogens is 332 g/mol. The van der Waals surface area contributed by atoms with E-state index >= 15 is 0 Å². The number of non-ortho nitro benzene ring substituents is 1. The summed E-state index contributed by atoms with van der Waals surface area (Å²) < 4.78 is 25.4. The molecule has 2 heterocycles. The number of benzene rings is 1. The Hall–Kier alpha value is -2.26. The minimum atomic E-state index is -3.18. The molecule has 24 heavy (non-hydrogen) atoms. The van der Waals surface area contributed by atoms with E-state index in [2.05, 4.69) is 9.88 Å². The maximum absolute atomic E-state index is 12.0. The van der Waals surface area contributed by atoms with Crippen LogP contribution in [0.5, 0.6) is 0 Å². The van der Waals surface area contributed by atoms with Gasteiger partial charge in [0.25, 0.3) is 5.69 Å². The van der Waals surface area contributed by atoms with E-state index in [0.29, 0.717) is 31.6 Å². The molecule has 1 saturated heterocycles. The normalized spacial score (nSPS) is 16.5. The van der Waals surface area contributed by atoms with E-state index in [-0.39, 0.29) is 11.4 Å². The molecule has 0 aliphatic carbocycles. The van der Waals surface area contributed by atoms with Crippen LogP contribution in [0.4, 0.5) is 11.4 Å². The molecule has 0 N–H and O–H groups in total. The molecule has 0 atom stereocenters. The number of sulfonamides is 1. The van der Waals surface area contributed by atoms with Gasteiger partial charge in [-0.3, -0.25) is 15.1 Å². The van der Waals surface area contributed by atoms with Crippen LogP contribution in [-0.4, -0.2) is 54.6 Å². The predicted molar refractivity (Wildman–Crippen MR) is 91.6 cm³/mol. The number of nitro groups is 1. The fourth-order valence-electron chi connectivity index (χ4n) is 2.98. The van der Waals surface area contributed by atoms with Gasteiger partial charge < -0.3 is 4.90 Å². The lowest BCUT2D eigenvalue weighted by Gasteiger charge is -2.35. The summed E-state index contributed by atoms with van der Waals surface area (Å²) in [6.45, 7) is 3.57. The van der Waals surface area contributed by atoms with Crippen molar-refractivity contribution in [1.82, 2.24) is 9.29 Å². The average molecular weight is 350 g/mol. The van der Waals surface area contributed by atoms with Gasteiger partial charge >= 0.3 is 0 Å². The topological polar surface area (TPSA) is 96.7 Å². The van der Waals surface area contributed by atoms with E-state index in [1.807, 2.05) is 0 Å². The first-order valence-electron chi connectivity index (χ1n) is 7.68. The number of aromatic nitrogens is 1. The lowest BCUT2D eigenvalue weighted by molar-refractivity contribution is -0.383. The Kier molecular flexibility index (Phi) is 4.37. The molecule has 1 aromatic heterocycles. The molecule has 0 amide bonds. The van der Waals surface area contributed by atoms with Crippen molar-refractivity contribution in [1.29, 1.82) is 0 Å². The first-order chi connectivity index (χ1) is 11.4. The highest BCUT2D eigenvalue weighted by Crippen LogP contribution is 2.33. The molecule has 0 spiro atoms. The summed E-state index contributed by atoms with van der Waals surface area (Å²) in [7, 11) is -3.18. The minimum absolute atomic E-state index is 0.0223. The third-order valence-electron chi connectivity index (χ3n) is 4.31. The molecule has 0 radical (unpaired) electrons. The van der Waals surface area contributed by atoms with Gasteiger partial charge in [0.05, 0.1) is 16.1 Å². The smallest absolute Gasteiger partial charge is 0.278 e. The molecule has 128 valence electrons. The standard InChI is InChI=1S/C15H18N4O4S/c1-2-24(22,23)18-9-7-17(8-10-18)14-3-4-15(19(20)21)13-11-16-6-5-12(13)14/h3-6,11H,2,7-10H2,1H3. The van der Waals surface area contributed by atoms with Gasteiger partial charge in [0, 0.05) is 55.7 Å². The van der Waals surface area contributed by atoms with Crippen molar-refractivity contribution in [2.24, 2.45) is 0 Å². The van der Waals surface area contributed by atoms with E-state index in [0.717, 1.165) is 11.1 Å². The molecular formula is C15H18N4O4S. The quantitative estimate of drug-likeness (QED) is 0.614. The SMILES string of the molecule is CCS(=O)(=O)N1CCN(c2ccc([N+](=O)[O-])c3cnccc23)CC1. The zero-order chi connectivity index (χ0) is 17.3. The summed E-state index contributed by atoms with van der Waals surface area (Å²) in [5.74, 6) is 0.0964. The van der Waals surface area contributed by atoms with Crippen molar-refractivity contribution in [3.63, 3.8) is 0 Å². The van der Waals surface area contributed by atoms with Crippen LogP contribution in [0, 0.1) is 10.1 Å². The highest BCUT2D eigenvalue weighted by molar-refractivity contribution is 7.89. The van der Waals surface area contributed by atoms with Gasteiger partial charge in [0.1, 0.15) is 0 Å². The summed E-state index contributed by atoms with van der Waals surface area (Å²) in [5.41, 5.74) is 0.889. The number of piperazine rings is 1. The maximum Gasteiger partial charge on any atom is 0.278 e. The fraction of sp³-hybridized carbons (Fsp3) is 0.400. The van der Waals surface area contributed by atoms with Crippen LogP contribution >= 0.6 is 0 Å². The number of hydrogen-bond donors (Lipinski definition) is 0. The molecule has 0 bridgehead atoms. The third-order valence-corrected chi connectivity index (χ3v) is 6.19. The summed E-state index contributed by atoms with van der Waals surface area (Å²) in [5, 5.41) is 12.4. The van der Waals surface area contributed by atoms with Crippen LogP contribution in [0.25, 0.3) is 10.8 Å². The molecule has 1 aromatic carbocycles. The van der Waals surface area contributed by atoms with Gasteiger partial charge in [0.2, 0.25) is 10.0 Å². The molecule has 1 aliphatic rings. The molecule has 2 aromatic rings. The van der Waals surface area contributed by atoms with Gasteiger partial charge in [0.15, 0.2) is 0 Å². The van der Waals surface area contributed by atoms with Crippen molar-refractivity contribution in [2.75, 3.05) is 36.8 Å². The Balaban J connectivity index is 1.92. The first kappa shape index (κ1) is 16.6. The zero-order valence-electron chi connectivity index (χ0n) is 13.3. The highest BCUT2D eigenvalue weighted by Gasteiger charge is 2.27. The van der Waals surface area contributed by atoms with E-state index < -0.39 is 14.9 Å². The lowest BCUT2D eigenvalue weighted by atomic mass is 10.1. The van der Waals surface area contributed by atoms with E-state index in [1.165, 1.54) is 16.6 Å². The van der Waals surface area contributed by atoms with Gasteiger partial charge in [-0.2, -0.15) is 4.31 Å². The monoisotopic (exact) mass is 350 g/mol. The second kappa shape index (κ2) is 6.33. The van der Waals surface area contributed by atoms with Gasteiger partial charge in [-0.15, -0.1) is 0 Å². The fourth-order valence-corrected chi connectivity index (χ4v) is 4.07.